The number of benzene rings is 1. The Morgan fingerprint density at radius 3 is 2.55 bits per heavy atom. The minimum Gasteiger partial charge on any atom is -0.476 e. The minimum absolute atomic E-state index is 0.0838. The van der Waals surface area contributed by atoms with Crippen molar-refractivity contribution in [1.29, 1.82) is 0 Å². The van der Waals surface area contributed by atoms with Gasteiger partial charge in [0, 0.05) is 38.1 Å². The Morgan fingerprint density at radius 2 is 1.88 bits per heavy atom. The summed E-state index contributed by atoms with van der Waals surface area (Å²) in [5, 5.41) is 0. The monoisotopic (exact) mass is 469 g/mol. The maximum atomic E-state index is 12.6. The summed E-state index contributed by atoms with van der Waals surface area (Å²) in [4.78, 5) is 32.0. The SMILES string of the molecule is CCn1c(=O)n(C)c(=O)c2[nH]c(-c3ccc(S(=O)(=O)NCCOc4ccccn4)cc3)cc21. The second-order valence-corrected chi connectivity index (χ2v) is 9.04. The highest BCUT2D eigenvalue weighted by atomic mass is 32.2. The Labute approximate surface area is 189 Å². The molecule has 11 heteroatoms. The van der Waals surface area contributed by atoms with Crippen molar-refractivity contribution >= 4 is 21.1 Å². The third-order valence-corrected chi connectivity index (χ3v) is 6.67. The maximum Gasteiger partial charge on any atom is 0.331 e. The molecule has 1 aromatic carbocycles. The molecule has 3 heterocycles. The first-order valence-electron chi connectivity index (χ1n) is 10.3. The molecule has 0 aliphatic rings. The first-order valence-corrected chi connectivity index (χ1v) is 11.8. The lowest BCUT2D eigenvalue weighted by Crippen LogP contribution is -2.37. The lowest BCUT2D eigenvalue weighted by Gasteiger charge is -2.08. The average Bonchev–Trinajstić information content (AvgIpc) is 3.27. The number of sulfonamides is 1. The van der Waals surface area contributed by atoms with Gasteiger partial charge in [-0.05, 0) is 36.8 Å². The van der Waals surface area contributed by atoms with E-state index in [0.29, 0.717) is 34.7 Å². The number of rotatable bonds is 8. The Morgan fingerprint density at radius 1 is 1.12 bits per heavy atom. The number of aryl methyl sites for hydroxylation is 1. The van der Waals surface area contributed by atoms with Crippen LogP contribution in [-0.4, -0.2) is 40.7 Å². The lowest BCUT2D eigenvalue weighted by molar-refractivity contribution is 0.310. The third kappa shape index (κ3) is 4.45. The van der Waals surface area contributed by atoms with Crippen molar-refractivity contribution in [3.63, 3.8) is 0 Å². The van der Waals surface area contributed by atoms with Gasteiger partial charge >= 0.3 is 5.69 Å². The summed E-state index contributed by atoms with van der Waals surface area (Å²) in [5.41, 5.74) is 1.31. The zero-order valence-corrected chi connectivity index (χ0v) is 18.9. The van der Waals surface area contributed by atoms with Gasteiger partial charge in [0.05, 0.1) is 10.4 Å². The molecule has 33 heavy (non-hydrogen) atoms. The number of hydrogen-bond donors (Lipinski definition) is 2. The number of ether oxygens (including phenoxy) is 1. The maximum absolute atomic E-state index is 12.6. The molecule has 0 atom stereocenters. The molecule has 0 amide bonds. The summed E-state index contributed by atoms with van der Waals surface area (Å²) in [6.45, 7) is 2.46. The van der Waals surface area contributed by atoms with Crippen LogP contribution < -0.4 is 20.7 Å². The highest BCUT2D eigenvalue weighted by Crippen LogP contribution is 2.23. The molecule has 10 nitrogen and oxygen atoms in total. The molecule has 3 aromatic heterocycles. The second kappa shape index (κ2) is 9.04. The first-order chi connectivity index (χ1) is 15.8. The van der Waals surface area contributed by atoms with Gasteiger partial charge in [-0.1, -0.05) is 18.2 Å². The van der Waals surface area contributed by atoms with Crippen molar-refractivity contribution in [3.8, 4) is 17.1 Å². The van der Waals surface area contributed by atoms with Crippen molar-refractivity contribution in [1.82, 2.24) is 23.8 Å². The molecule has 4 rings (SSSR count). The van der Waals surface area contributed by atoms with Crippen LogP contribution in [-0.2, 0) is 23.6 Å². The molecule has 0 saturated carbocycles. The molecule has 0 bridgehead atoms. The van der Waals surface area contributed by atoms with Crippen LogP contribution in [0.25, 0.3) is 22.3 Å². The van der Waals surface area contributed by atoms with E-state index in [0.717, 1.165) is 4.57 Å². The van der Waals surface area contributed by atoms with E-state index < -0.39 is 15.6 Å². The predicted molar refractivity (Wildman–Crippen MR) is 124 cm³/mol. The summed E-state index contributed by atoms with van der Waals surface area (Å²) in [7, 11) is -2.29. The van der Waals surface area contributed by atoms with Gasteiger partial charge in [0.25, 0.3) is 5.56 Å². The van der Waals surface area contributed by atoms with Gasteiger partial charge < -0.3 is 9.72 Å². The number of nitrogens with one attached hydrogen (secondary N) is 2. The van der Waals surface area contributed by atoms with Crippen LogP contribution in [0.2, 0.25) is 0 Å². The Hall–Kier alpha value is -3.70. The van der Waals surface area contributed by atoms with Crippen molar-refractivity contribution in [3.05, 3.63) is 75.6 Å². The molecule has 2 N–H and O–H groups in total. The third-order valence-electron chi connectivity index (χ3n) is 5.20. The normalized spacial score (nSPS) is 11.7. The quantitative estimate of drug-likeness (QED) is 0.376. The summed E-state index contributed by atoms with van der Waals surface area (Å²) in [6, 6.07) is 13.2. The van der Waals surface area contributed by atoms with Crippen LogP contribution in [0.4, 0.5) is 0 Å². The number of fused-ring (bicyclic) bond motifs is 1. The van der Waals surface area contributed by atoms with Crippen LogP contribution in [0.15, 0.2) is 69.2 Å². The van der Waals surface area contributed by atoms with Crippen molar-refractivity contribution < 1.29 is 13.2 Å². The largest absolute Gasteiger partial charge is 0.476 e. The fourth-order valence-electron chi connectivity index (χ4n) is 3.48. The van der Waals surface area contributed by atoms with Crippen molar-refractivity contribution in [2.75, 3.05) is 13.2 Å². The highest BCUT2D eigenvalue weighted by molar-refractivity contribution is 7.89. The number of pyridine rings is 1. The fraction of sp³-hybridized carbons (Fsp3) is 0.227. The van der Waals surface area contributed by atoms with E-state index in [1.54, 1.807) is 42.6 Å². The van der Waals surface area contributed by atoms with Gasteiger partial charge in [0.1, 0.15) is 12.1 Å². The van der Waals surface area contributed by atoms with E-state index in [-0.39, 0.29) is 23.7 Å². The van der Waals surface area contributed by atoms with Gasteiger partial charge in [-0.2, -0.15) is 0 Å². The standard InChI is InChI=1S/C22H23N5O5S/c1-3-27-18-14-17(25-20(18)21(28)26(2)22(27)29)15-7-9-16(10-8-15)33(30,31)24-12-13-32-19-6-4-5-11-23-19/h4-11,14,24-25H,3,12-13H2,1-2H3. The fourth-order valence-corrected chi connectivity index (χ4v) is 4.49. The number of aromatic nitrogens is 4. The van der Waals surface area contributed by atoms with Gasteiger partial charge in [-0.15, -0.1) is 0 Å². The van der Waals surface area contributed by atoms with Crippen molar-refractivity contribution in [2.45, 2.75) is 18.4 Å². The van der Waals surface area contributed by atoms with Crippen LogP contribution in [0, 0.1) is 0 Å². The van der Waals surface area contributed by atoms with E-state index in [4.69, 9.17) is 4.74 Å². The molecule has 0 aliphatic heterocycles. The summed E-state index contributed by atoms with van der Waals surface area (Å²) >= 11 is 0. The molecule has 4 aromatic rings. The molecular weight excluding hydrogens is 446 g/mol. The summed E-state index contributed by atoms with van der Waals surface area (Å²) in [6.07, 6.45) is 1.59. The number of H-pyrrole nitrogens is 1. The second-order valence-electron chi connectivity index (χ2n) is 7.27. The Kier molecular flexibility index (Phi) is 6.16. The molecule has 172 valence electrons. The number of hydrogen-bond acceptors (Lipinski definition) is 6. The molecule has 0 spiro atoms. The lowest BCUT2D eigenvalue weighted by atomic mass is 10.1. The van der Waals surface area contributed by atoms with Crippen molar-refractivity contribution in [2.24, 2.45) is 7.05 Å². The van der Waals surface area contributed by atoms with E-state index >= 15 is 0 Å². The molecular formula is C22H23N5O5S. The van der Waals surface area contributed by atoms with E-state index in [1.807, 2.05) is 6.92 Å². The van der Waals surface area contributed by atoms with Gasteiger partial charge in [-0.3, -0.25) is 13.9 Å². The smallest absolute Gasteiger partial charge is 0.331 e. The predicted octanol–water partition coefficient (Wildman–Crippen LogP) is 1.47. The molecule has 0 fully saturated rings. The summed E-state index contributed by atoms with van der Waals surface area (Å²) < 4.78 is 35.6. The summed E-state index contributed by atoms with van der Waals surface area (Å²) in [5.74, 6) is 0.419. The van der Waals surface area contributed by atoms with E-state index in [1.165, 1.54) is 23.7 Å². The number of nitrogens with zero attached hydrogens (tertiary/aromatic N) is 3. The van der Waals surface area contributed by atoms with Crippen LogP contribution in [0.5, 0.6) is 5.88 Å². The zero-order valence-electron chi connectivity index (χ0n) is 18.1. The Bertz CT molecular complexity index is 1500. The molecule has 0 radical (unpaired) electrons. The van der Waals surface area contributed by atoms with Gasteiger partial charge in [0.15, 0.2) is 0 Å². The minimum atomic E-state index is -3.73. The topological polar surface area (TPSA) is 128 Å². The van der Waals surface area contributed by atoms with Crippen LogP contribution in [0.3, 0.4) is 0 Å². The molecule has 0 aliphatic carbocycles. The van der Waals surface area contributed by atoms with Crippen LogP contribution in [0.1, 0.15) is 6.92 Å². The van der Waals surface area contributed by atoms with E-state index in [9.17, 15) is 18.0 Å². The highest BCUT2D eigenvalue weighted by Gasteiger charge is 2.16. The first kappa shape index (κ1) is 22.5. The van der Waals surface area contributed by atoms with Gasteiger partial charge in [-0.25, -0.2) is 22.9 Å². The van der Waals surface area contributed by atoms with Gasteiger partial charge in [0.2, 0.25) is 15.9 Å². The molecule has 0 unspecified atom stereocenters. The number of aromatic amines is 1. The van der Waals surface area contributed by atoms with Crippen LogP contribution >= 0.6 is 0 Å². The Balaban J connectivity index is 1.52. The zero-order chi connectivity index (χ0) is 23.6. The van der Waals surface area contributed by atoms with E-state index in [2.05, 4.69) is 14.7 Å². The molecule has 0 saturated heterocycles. The average molecular weight is 470 g/mol.